The minimum Gasteiger partial charge on any atom is -0.343 e. The lowest BCUT2D eigenvalue weighted by Crippen LogP contribution is -2.40. The van der Waals surface area contributed by atoms with Crippen molar-refractivity contribution >= 4 is 11.8 Å². The third kappa shape index (κ3) is 2.97. The highest BCUT2D eigenvalue weighted by atomic mass is 19.1. The minimum atomic E-state index is -0.472. The third-order valence-corrected chi connectivity index (χ3v) is 4.75. The van der Waals surface area contributed by atoms with Gasteiger partial charge in [-0.25, -0.2) is 4.39 Å². The fourth-order valence-corrected chi connectivity index (χ4v) is 3.51. The molecule has 1 aromatic carbocycles. The zero-order valence-electron chi connectivity index (χ0n) is 12.3. The topological polar surface area (TPSA) is 75.4 Å². The summed E-state index contributed by atoms with van der Waals surface area (Å²) in [4.78, 5) is 25.9. The second kappa shape index (κ2) is 6.04. The second-order valence-corrected chi connectivity index (χ2v) is 6.16. The Balaban J connectivity index is 1.52. The van der Waals surface area contributed by atoms with Gasteiger partial charge in [-0.2, -0.15) is 0 Å². The van der Waals surface area contributed by atoms with E-state index in [1.165, 1.54) is 18.2 Å². The number of amides is 2. The van der Waals surface area contributed by atoms with Crippen LogP contribution in [0.5, 0.6) is 0 Å². The molecule has 2 fully saturated rings. The first-order chi connectivity index (χ1) is 10.5. The van der Waals surface area contributed by atoms with Gasteiger partial charge in [-0.3, -0.25) is 9.59 Å². The van der Waals surface area contributed by atoms with Crippen LogP contribution in [0.15, 0.2) is 24.3 Å². The fourth-order valence-electron chi connectivity index (χ4n) is 3.51. The zero-order chi connectivity index (χ0) is 15.7. The van der Waals surface area contributed by atoms with Crippen molar-refractivity contribution in [1.82, 2.24) is 10.2 Å². The lowest BCUT2D eigenvalue weighted by atomic mass is 9.98. The molecule has 2 aliphatic rings. The van der Waals surface area contributed by atoms with Gasteiger partial charge in [0.1, 0.15) is 5.82 Å². The van der Waals surface area contributed by atoms with Crippen LogP contribution in [0.4, 0.5) is 4.39 Å². The number of nitrogens with zero attached hydrogens (tertiary/aromatic N) is 1. The van der Waals surface area contributed by atoms with Crippen molar-refractivity contribution in [2.24, 2.45) is 17.6 Å². The largest absolute Gasteiger partial charge is 0.343 e. The normalized spacial score (nSPS) is 26.8. The molecule has 1 aromatic rings. The van der Waals surface area contributed by atoms with Crippen molar-refractivity contribution < 1.29 is 14.0 Å². The Kier molecular flexibility index (Phi) is 4.11. The molecule has 6 heteroatoms. The molecule has 0 radical (unpaired) electrons. The molecule has 1 saturated carbocycles. The van der Waals surface area contributed by atoms with Crippen LogP contribution < -0.4 is 11.1 Å². The van der Waals surface area contributed by atoms with Gasteiger partial charge < -0.3 is 16.0 Å². The van der Waals surface area contributed by atoms with Gasteiger partial charge in [0.05, 0.1) is 6.54 Å². The molecule has 0 bridgehead atoms. The van der Waals surface area contributed by atoms with Crippen LogP contribution in [0.25, 0.3) is 0 Å². The molecule has 2 amide bonds. The van der Waals surface area contributed by atoms with E-state index in [1.807, 2.05) is 0 Å². The van der Waals surface area contributed by atoms with Gasteiger partial charge in [0.15, 0.2) is 0 Å². The number of halogens is 1. The van der Waals surface area contributed by atoms with E-state index in [4.69, 9.17) is 5.73 Å². The Labute approximate surface area is 128 Å². The molecule has 5 nitrogen and oxygen atoms in total. The summed E-state index contributed by atoms with van der Waals surface area (Å²) in [6, 6.07) is 5.59. The predicted molar refractivity (Wildman–Crippen MR) is 79.5 cm³/mol. The molecule has 3 atom stereocenters. The van der Waals surface area contributed by atoms with E-state index in [2.05, 4.69) is 5.32 Å². The Morgan fingerprint density at radius 2 is 2.14 bits per heavy atom. The van der Waals surface area contributed by atoms with Gasteiger partial charge in [-0.1, -0.05) is 6.07 Å². The highest BCUT2D eigenvalue weighted by molar-refractivity contribution is 5.96. The minimum absolute atomic E-state index is 0.0655. The van der Waals surface area contributed by atoms with E-state index in [0.717, 1.165) is 25.5 Å². The molecule has 0 aromatic heterocycles. The Morgan fingerprint density at radius 1 is 1.32 bits per heavy atom. The van der Waals surface area contributed by atoms with E-state index >= 15 is 0 Å². The number of hydrogen-bond donors (Lipinski definition) is 2. The summed E-state index contributed by atoms with van der Waals surface area (Å²) in [5.74, 6) is -0.128. The SMILES string of the molecule is NC1CCC2CN(C(=O)CNC(=O)c3cccc(F)c3)CC12. The maximum atomic E-state index is 13.1. The first-order valence-electron chi connectivity index (χ1n) is 7.61. The van der Waals surface area contributed by atoms with Gasteiger partial charge >= 0.3 is 0 Å². The molecule has 1 heterocycles. The molecular weight excluding hydrogens is 285 g/mol. The first-order valence-corrected chi connectivity index (χ1v) is 7.61. The van der Waals surface area contributed by atoms with Gasteiger partial charge in [0, 0.05) is 24.7 Å². The quantitative estimate of drug-likeness (QED) is 0.865. The molecule has 1 saturated heterocycles. The number of rotatable bonds is 3. The van der Waals surface area contributed by atoms with Crippen LogP contribution in [0, 0.1) is 17.7 Å². The Morgan fingerprint density at radius 3 is 2.86 bits per heavy atom. The van der Waals surface area contributed by atoms with Crippen LogP contribution >= 0.6 is 0 Å². The predicted octanol–water partition coefficient (Wildman–Crippen LogP) is 0.751. The summed E-state index contributed by atoms with van der Waals surface area (Å²) >= 11 is 0. The molecule has 118 valence electrons. The second-order valence-electron chi connectivity index (χ2n) is 6.16. The van der Waals surface area contributed by atoms with Crippen molar-refractivity contribution in [3.05, 3.63) is 35.6 Å². The van der Waals surface area contributed by atoms with Crippen molar-refractivity contribution in [2.45, 2.75) is 18.9 Å². The molecule has 3 N–H and O–H groups in total. The Bertz CT molecular complexity index is 593. The van der Waals surface area contributed by atoms with Crippen LogP contribution in [0.1, 0.15) is 23.2 Å². The summed E-state index contributed by atoms with van der Waals surface area (Å²) in [5.41, 5.74) is 6.27. The maximum absolute atomic E-state index is 13.1. The number of carbonyl (C=O) groups is 2. The van der Waals surface area contributed by atoms with E-state index in [9.17, 15) is 14.0 Å². The number of likely N-dealkylation sites (tertiary alicyclic amines) is 1. The van der Waals surface area contributed by atoms with Crippen LogP contribution in [0.3, 0.4) is 0 Å². The molecule has 1 aliphatic heterocycles. The molecule has 22 heavy (non-hydrogen) atoms. The van der Waals surface area contributed by atoms with Gasteiger partial charge in [0.2, 0.25) is 5.91 Å². The highest BCUT2D eigenvalue weighted by Gasteiger charge is 2.42. The van der Waals surface area contributed by atoms with E-state index in [1.54, 1.807) is 4.90 Å². The van der Waals surface area contributed by atoms with E-state index < -0.39 is 11.7 Å². The maximum Gasteiger partial charge on any atom is 0.251 e. The molecule has 3 rings (SSSR count). The number of benzene rings is 1. The van der Waals surface area contributed by atoms with Crippen molar-refractivity contribution in [3.8, 4) is 0 Å². The standard InChI is InChI=1S/C16H20FN3O2/c17-12-3-1-2-10(6-12)16(22)19-7-15(21)20-8-11-4-5-14(18)13(11)9-20/h1-3,6,11,13-14H,4-5,7-9,18H2,(H,19,22). The molecule has 1 aliphatic carbocycles. The number of nitrogens with two attached hydrogens (primary N) is 1. The van der Waals surface area contributed by atoms with Crippen molar-refractivity contribution in [2.75, 3.05) is 19.6 Å². The number of hydrogen-bond acceptors (Lipinski definition) is 3. The highest BCUT2D eigenvalue weighted by Crippen LogP contribution is 2.36. The lowest BCUT2D eigenvalue weighted by molar-refractivity contribution is -0.129. The van der Waals surface area contributed by atoms with Gasteiger partial charge in [0.25, 0.3) is 5.91 Å². The van der Waals surface area contributed by atoms with E-state index in [-0.39, 0.29) is 24.1 Å². The molecular formula is C16H20FN3O2. The van der Waals surface area contributed by atoms with Crippen molar-refractivity contribution in [3.63, 3.8) is 0 Å². The summed E-state index contributed by atoms with van der Waals surface area (Å²) in [7, 11) is 0. The average molecular weight is 305 g/mol. The smallest absolute Gasteiger partial charge is 0.251 e. The Hall–Kier alpha value is -1.95. The monoisotopic (exact) mass is 305 g/mol. The number of nitrogens with one attached hydrogen (secondary N) is 1. The van der Waals surface area contributed by atoms with Crippen molar-refractivity contribution in [1.29, 1.82) is 0 Å². The summed E-state index contributed by atoms with van der Waals surface area (Å²) in [6.45, 7) is 1.34. The third-order valence-electron chi connectivity index (χ3n) is 4.75. The van der Waals surface area contributed by atoms with Crippen LogP contribution in [-0.2, 0) is 4.79 Å². The fraction of sp³-hybridized carbons (Fsp3) is 0.500. The first kappa shape index (κ1) is 15.0. The summed E-state index contributed by atoms with van der Waals surface area (Å²) < 4.78 is 13.1. The number of carbonyl (C=O) groups excluding carboxylic acids is 2. The average Bonchev–Trinajstić information content (AvgIpc) is 3.07. The molecule has 0 spiro atoms. The van der Waals surface area contributed by atoms with Gasteiger partial charge in [-0.15, -0.1) is 0 Å². The van der Waals surface area contributed by atoms with Crippen LogP contribution in [-0.4, -0.2) is 42.4 Å². The summed E-state index contributed by atoms with van der Waals surface area (Å²) in [6.07, 6.45) is 2.11. The molecule has 3 unspecified atom stereocenters. The lowest BCUT2D eigenvalue weighted by Gasteiger charge is -2.19. The van der Waals surface area contributed by atoms with E-state index in [0.29, 0.717) is 18.4 Å². The number of fused-ring (bicyclic) bond motifs is 1. The zero-order valence-corrected chi connectivity index (χ0v) is 12.3. The van der Waals surface area contributed by atoms with Crippen LogP contribution in [0.2, 0.25) is 0 Å². The van der Waals surface area contributed by atoms with Gasteiger partial charge in [-0.05, 0) is 42.9 Å². The summed E-state index contributed by atoms with van der Waals surface area (Å²) in [5, 5.41) is 2.55.